The Balaban J connectivity index is 1.31. The van der Waals surface area contributed by atoms with Crippen LogP contribution in [-0.2, 0) is 16.4 Å². The maximum atomic E-state index is 13.3. The van der Waals surface area contributed by atoms with Gasteiger partial charge in [-0.15, -0.1) is 11.3 Å². The summed E-state index contributed by atoms with van der Waals surface area (Å²) in [6, 6.07) is 15.9. The normalized spacial score (nSPS) is 21.1. The summed E-state index contributed by atoms with van der Waals surface area (Å²) in [5, 5.41) is 6.61. The van der Waals surface area contributed by atoms with E-state index in [-0.39, 0.29) is 23.5 Å². The van der Waals surface area contributed by atoms with Crippen LogP contribution in [0.15, 0.2) is 53.9 Å². The molecule has 1 aromatic carbocycles. The molecule has 0 aliphatic carbocycles. The lowest BCUT2D eigenvalue weighted by atomic mass is 10.2. The number of aromatic nitrogens is 2. The van der Waals surface area contributed by atoms with Gasteiger partial charge in [-0.2, -0.15) is 5.10 Å². The Bertz CT molecular complexity index is 1180. The number of thiophene rings is 1. The molecular weight excluding hydrogens is 444 g/mol. The van der Waals surface area contributed by atoms with E-state index in [1.807, 2.05) is 46.7 Å². The monoisotopic (exact) mass is 470 g/mol. The number of amides is 1. The first-order valence-electron chi connectivity index (χ1n) is 10.9. The first-order valence-corrected chi connectivity index (χ1v) is 13.6. The summed E-state index contributed by atoms with van der Waals surface area (Å²) in [4.78, 5) is 18.5. The van der Waals surface area contributed by atoms with E-state index < -0.39 is 9.84 Å². The molecule has 0 N–H and O–H groups in total. The topological polar surface area (TPSA) is 75.5 Å². The van der Waals surface area contributed by atoms with Gasteiger partial charge in [0.2, 0.25) is 0 Å². The molecule has 32 heavy (non-hydrogen) atoms. The molecule has 0 saturated carbocycles. The first-order chi connectivity index (χ1) is 15.5. The maximum absolute atomic E-state index is 13.3. The molecular formula is C23H26N4O3S2. The third-order valence-electron chi connectivity index (χ3n) is 6.19. The largest absolute Gasteiger partial charge is 0.335 e. The Morgan fingerprint density at radius 3 is 2.50 bits per heavy atom. The molecule has 2 aliphatic rings. The van der Waals surface area contributed by atoms with Gasteiger partial charge in [0.15, 0.2) is 15.5 Å². The van der Waals surface area contributed by atoms with E-state index in [0.29, 0.717) is 25.2 Å². The fourth-order valence-electron chi connectivity index (χ4n) is 4.47. The highest BCUT2D eigenvalue weighted by Gasteiger charge is 2.33. The zero-order valence-corrected chi connectivity index (χ0v) is 19.4. The quantitative estimate of drug-likeness (QED) is 0.573. The Kier molecular flexibility index (Phi) is 5.88. The third kappa shape index (κ3) is 4.51. The minimum absolute atomic E-state index is 0.0817. The molecule has 2 fully saturated rings. The van der Waals surface area contributed by atoms with Gasteiger partial charge in [-0.1, -0.05) is 36.4 Å². The lowest BCUT2D eigenvalue weighted by Crippen LogP contribution is -2.48. The summed E-state index contributed by atoms with van der Waals surface area (Å²) in [5.74, 6) is 0.175. The van der Waals surface area contributed by atoms with Crippen molar-refractivity contribution in [2.75, 3.05) is 37.7 Å². The maximum Gasteiger partial charge on any atom is 0.274 e. The van der Waals surface area contributed by atoms with Crippen LogP contribution in [0.4, 0.5) is 0 Å². The number of sulfone groups is 1. The smallest absolute Gasteiger partial charge is 0.274 e. The van der Waals surface area contributed by atoms with Gasteiger partial charge in [0.1, 0.15) is 0 Å². The Morgan fingerprint density at radius 2 is 1.84 bits per heavy atom. The fourth-order valence-corrected chi connectivity index (χ4v) is 6.89. The molecule has 0 unspecified atom stereocenters. The van der Waals surface area contributed by atoms with Gasteiger partial charge in [0.25, 0.3) is 5.91 Å². The zero-order valence-electron chi connectivity index (χ0n) is 17.8. The van der Waals surface area contributed by atoms with E-state index >= 15 is 0 Å². The number of carbonyl (C=O) groups is 1. The second kappa shape index (κ2) is 8.80. The SMILES string of the molecule is O=C(c1cc(-c2cccs2)n([C@@H]2CCS(=O)(=O)C2)n1)N1CCN(Cc2ccccc2)CC1. The third-order valence-corrected chi connectivity index (χ3v) is 8.83. The summed E-state index contributed by atoms with van der Waals surface area (Å²) >= 11 is 1.57. The molecule has 0 bridgehead atoms. The van der Waals surface area contributed by atoms with Crippen molar-refractivity contribution in [1.82, 2.24) is 19.6 Å². The molecule has 4 heterocycles. The number of nitrogens with zero attached hydrogens (tertiary/aromatic N) is 4. The molecule has 2 aromatic heterocycles. The number of carbonyl (C=O) groups excluding carboxylic acids is 1. The predicted molar refractivity (Wildman–Crippen MR) is 125 cm³/mol. The second-order valence-electron chi connectivity index (χ2n) is 8.45. The summed E-state index contributed by atoms with van der Waals surface area (Å²) < 4.78 is 25.9. The minimum Gasteiger partial charge on any atom is -0.335 e. The molecule has 1 atom stereocenters. The van der Waals surface area contributed by atoms with Gasteiger partial charge in [-0.3, -0.25) is 14.4 Å². The average molecular weight is 471 g/mol. The van der Waals surface area contributed by atoms with E-state index in [4.69, 9.17) is 0 Å². The van der Waals surface area contributed by atoms with Crippen LogP contribution in [0.25, 0.3) is 10.6 Å². The van der Waals surface area contributed by atoms with Crippen molar-refractivity contribution < 1.29 is 13.2 Å². The van der Waals surface area contributed by atoms with Crippen molar-refractivity contribution in [1.29, 1.82) is 0 Å². The molecule has 2 aliphatic heterocycles. The molecule has 5 rings (SSSR count). The molecule has 3 aromatic rings. The molecule has 1 amide bonds. The zero-order chi connectivity index (χ0) is 22.1. The van der Waals surface area contributed by atoms with E-state index in [9.17, 15) is 13.2 Å². The Morgan fingerprint density at radius 1 is 1.06 bits per heavy atom. The Hall–Kier alpha value is -2.49. The average Bonchev–Trinajstić information content (AvgIpc) is 3.54. The number of hydrogen-bond acceptors (Lipinski definition) is 6. The number of benzene rings is 1. The van der Waals surface area contributed by atoms with Crippen LogP contribution in [-0.4, -0.2) is 71.6 Å². The molecule has 0 radical (unpaired) electrons. The highest BCUT2D eigenvalue weighted by Crippen LogP contribution is 2.32. The van der Waals surface area contributed by atoms with Crippen molar-refractivity contribution in [3.63, 3.8) is 0 Å². The summed E-state index contributed by atoms with van der Waals surface area (Å²) in [5.41, 5.74) is 2.50. The van der Waals surface area contributed by atoms with Crippen molar-refractivity contribution >= 4 is 27.1 Å². The molecule has 168 valence electrons. The van der Waals surface area contributed by atoms with Crippen LogP contribution in [0.1, 0.15) is 28.5 Å². The van der Waals surface area contributed by atoms with Crippen LogP contribution >= 0.6 is 11.3 Å². The minimum atomic E-state index is -3.05. The van der Waals surface area contributed by atoms with Gasteiger partial charge in [0, 0.05) is 32.7 Å². The van der Waals surface area contributed by atoms with Crippen LogP contribution in [0, 0.1) is 0 Å². The standard InChI is InChI=1S/C23H26N4O3S2/c28-23(26-11-9-25(10-12-26)16-18-5-2-1-3-6-18)20-15-21(22-7-4-13-31-22)27(24-20)19-8-14-32(29,30)17-19/h1-7,13,15,19H,8-12,14,16-17H2/t19-/m1/s1. The van der Waals surface area contributed by atoms with Gasteiger partial charge < -0.3 is 4.90 Å². The van der Waals surface area contributed by atoms with Crippen LogP contribution in [0.3, 0.4) is 0 Å². The second-order valence-corrected chi connectivity index (χ2v) is 11.6. The fraction of sp³-hybridized carbons (Fsp3) is 0.391. The summed E-state index contributed by atoms with van der Waals surface area (Å²) in [6.07, 6.45) is 0.536. The van der Waals surface area contributed by atoms with Crippen LogP contribution in [0.5, 0.6) is 0 Å². The van der Waals surface area contributed by atoms with Crippen molar-refractivity contribution in [2.24, 2.45) is 0 Å². The number of rotatable bonds is 5. The van der Waals surface area contributed by atoms with Crippen molar-refractivity contribution in [2.45, 2.75) is 19.0 Å². The molecule has 0 spiro atoms. The lowest BCUT2D eigenvalue weighted by Gasteiger charge is -2.34. The summed E-state index contributed by atoms with van der Waals surface area (Å²) in [6.45, 7) is 3.84. The van der Waals surface area contributed by atoms with Gasteiger partial charge >= 0.3 is 0 Å². The van der Waals surface area contributed by atoms with Gasteiger partial charge in [0.05, 0.1) is 28.1 Å². The Labute approximate surface area is 192 Å². The van der Waals surface area contributed by atoms with Crippen molar-refractivity contribution in [3.8, 4) is 10.6 Å². The highest BCUT2D eigenvalue weighted by atomic mass is 32.2. The van der Waals surface area contributed by atoms with Gasteiger partial charge in [-0.25, -0.2) is 8.42 Å². The van der Waals surface area contributed by atoms with E-state index in [1.165, 1.54) is 5.56 Å². The predicted octanol–water partition coefficient (Wildman–Crippen LogP) is 2.93. The summed E-state index contributed by atoms with van der Waals surface area (Å²) in [7, 11) is -3.05. The lowest BCUT2D eigenvalue weighted by molar-refractivity contribution is 0.0621. The van der Waals surface area contributed by atoms with E-state index in [1.54, 1.807) is 16.0 Å². The highest BCUT2D eigenvalue weighted by molar-refractivity contribution is 7.91. The molecule has 7 nitrogen and oxygen atoms in total. The van der Waals surface area contributed by atoms with Crippen LogP contribution < -0.4 is 0 Å². The van der Waals surface area contributed by atoms with E-state index in [0.717, 1.165) is 30.2 Å². The van der Waals surface area contributed by atoms with E-state index in [2.05, 4.69) is 22.1 Å². The van der Waals surface area contributed by atoms with Crippen molar-refractivity contribution in [3.05, 3.63) is 65.2 Å². The van der Waals surface area contributed by atoms with Gasteiger partial charge in [-0.05, 0) is 29.5 Å². The molecule has 2 saturated heterocycles. The van der Waals surface area contributed by atoms with Crippen LogP contribution in [0.2, 0.25) is 0 Å². The number of piperazine rings is 1. The molecule has 9 heteroatoms. The first kappa shape index (κ1) is 21.4. The number of hydrogen-bond donors (Lipinski definition) is 0.